The minimum Gasteiger partial charge on any atom is -0.490 e. The van der Waals surface area contributed by atoms with E-state index in [0.717, 1.165) is 0 Å². The summed E-state index contributed by atoms with van der Waals surface area (Å²) in [4.78, 5) is 11.4. The second-order valence-corrected chi connectivity index (χ2v) is 5.18. The van der Waals surface area contributed by atoms with Crippen molar-refractivity contribution >= 4 is 17.5 Å². The molecule has 2 rings (SSSR count). The normalized spacial score (nSPS) is 10.8. The highest BCUT2D eigenvalue weighted by Gasteiger charge is 2.20. The largest absolute Gasteiger partial charge is 0.490 e. The maximum atomic E-state index is 11.4. The Labute approximate surface area is 132 Å². The molecule has 0 spiro atoms. The predicted octanol–water partition coefficient (Wildman–Crippen LogP) is 2.41. The number of nitrogens with one attached hydrogen (secondary N) is 1. The second kappa shape index (κ2) is 6.65. The number of rotatable bonds is 6. The summed E-state index contributed by atoms with van der Waals surface area (Å²) in [6.07, 6.45) is -0.0595. The molecule has 0 atom stereocenters. The van der Waals surface area contributed by atoms with Gasteiger partial charge in [-0.25, -0.2) is 0 Å². The molecule has 0 fully saturated rings. The quantitative estimate of drug-likeness (QED) is 0.849. The van der Waals surface area contributed by atoms with Crippen LogP contribution in [0.4, 0.5) is 0 Å². The van der Waals surface area contributed by atoms with Gasteiger partial charge in [0.15, 0.2) is 17.2 Å². The maximum Gasteiger partial charge on any atom is 0.271 e. The number of nitrogens with zero attached hydrogens (tertiary/aromatic N) is 2. The summed E-state index contributed by atoms with van der Waals surface area (Å²) in [6.45, 7) is 6.08. The number of hydrogen-bond acceptors (Lipinski definition) is 5. The standard InChI is InChI=1S/C14H17ClN4O3/c1-4-21-10-6-8(5-9(15)13(10)22-7(2)3)11-12(14(16)20)18-19-17-11/h5-7H,4H2,1-3H3,(H2,16,20)(H,17,18,19). The SMILES string of the molecule is CCOc1cc(-c2n[nH]nc2C(N)=O)cc(Cl)c1OC(C)C. The third kappa shape index (κ3) is 3.30. The Balaban J connectivity index is 2.54. The molecular formula is C14H17ClN4O3. The van der Waals surface area contributed by atoms with Crippen LogP contribution in [0.3, 0.4) is 0 Å². The molecule has 8 heteroatoms. The fourth-order valence-electron chi connectivity index (χ4n) is 1.92. The van der Waals surface area contributed by atoms with E-state index in [2.05, 4.69) is 15.4 Å². The zero-order chi connectivity index (χ0) is 16.3. The van der Waals surface area contributed by atoms with E-state index in [1.165, 1.54) is 0 Å². The van der Waals surface area contributed by atoms with Gasteiger partial charge in [-0.2, -0.15) is 15.4 Å². The van der Waals surface area contributed by atoms with Crippen LogP contribution < -0.4 is 15.2 Å². The van der Waals surface area contributed by atoms with Crippen LogP contribution in [0.15, 0.2) is 12.1 Å². The van der Waals surface area contributed by atoms with Gasteiger partial charge in [0.25, 0.3) is 5.91 Å². The number of benzene rings is 1. The Morgan fingerprint density at radius 3 is 2.73 bits per heavy atom. The molecule has 0 radical (unpaired) electrons. The van der Waals surface area contributed by atoms with Crippen molar-refractivity contribution in [2.75, 3.05) is 6.61 Å². The highest BCUT2D eigenvalue weighted by atomic mass is 35.5. The van der Waals surface area contributed by atoms with Crippen molar-refractivity contribution in [2.24, 2.45) is 5.73 Å². The summed E-state index contributed by atoms with van der Waals surface area (Å²) in [5, 5.41) is 10.4. The molecule has 0 unspecified atom stereocenters. The van der Waals surface area contributed by atoms with Crippen molar-refractivity contribution in [1.29, 1.82) is 0 Å². The summed E-state index contributed by atoms with van der Waals surface area (Å²) in [5.41, 5.74) is 6.19. The van der Waals surface area contributed by atoms with Gasteiger partial charge in [0.05, 0.1) is 17.7 Å². The molecular weight excluding hydrogens is 308 g/mol. The van der Waals surface area contributed by atoms with Crippen LogP contribution >= 0.6 is 11.6 Å². The van der Waals surface area contributed by atoms with Crippen LogP contribution in [-0.4, -0.2) is 34.0 Å². The highest BCUT2D eigenvalue weighted by Crippen LogP contribution is 2.40. The molecule has 0 aliphatic rings. The molecule has 1 amide bonds. The fraction of sp³-hybridized carbons (Fsp3) is 0.357. The number of carbonyl (C=O) groups excluding carboxylic acids is 1. The van der Waals surface area contributed by atoms with Gasteiger partial charge in [0.2, 0.25) is 0 Å². The molecule has 0 aliphatic heterocycles. The second-order valence-electron chi connectivity index (χ2n) is 4.77. The lowest BCUT2D eigenvalue weighted by atomic mass is 10.1. The Morgan fingerprint density at radius 2 is 2.14 bits per heavy atom. The number of hydrogen-bond donors (Lipinski definition) is 2. The van der Waals surface area contributed by atoms with Crippen LogP contribution in [0.5, 0.6) is 11.5 Å². The first kappa shape index (κ1) is 16.1. The molecule has 1 aromatic heterocycles. The summed E-state index contributed by atoms with van der Waals surface area (Å²) in [5.74, 6) is 0.240. The molecule has 118 valence electrons. The van der Waals surface area contributed by atoms with E-state index in [9.17, 15) is 4.79 Å². The van der Waals surface area contributed by atoms with E-state index in [1.54, 1.807) is 12.1 Å². The van der Waals surface area contributed by atoms with Crippen LogP contribution in [0, 0.1) is 0 Å². The number of primary amides is 1. The van der Waals surface area contributed by atoms with Gasteiger partial charge < -0.3 is 15.2 Å². The molecule has 7 nitrogen and oxygen atoms in total. The van der Waals surface area contributed by atoms with Crippen molar-refractivity contribution in [3.8, 4) is 22.8 Å². The Hall–Kier alpha value is -2.28. The van der Waals surface area contributed by atoms with Gasteiger partial charge >= 0.3 is 0 Å². The van der Waals surface area contributed by atoms with Gasteiger partial charge in [0.1, 0.15) is 5.69 Å². The summed E-state index contributed by atoms with van der Waals surface area (Å²) in [6, 6.07) is 3.32. The molecule has 0 saturated heterocycles. The van der Waals surface area contributed by atoms with E-state index < -0.39 is 5.91 Å². The van der Waals surface area contributed by atoms with E-state index >= 15 is 0 Å². The Bertz CT molecular complexity index is 685. The Morgan fingerprint density at radius 1 is 1.41 bits per heavy atom. The van der Waals surface area contributed by atoms with E-state index in [1.807, 2.05) is 20.8 Å². The zero-order valence-electron chi connectivity index (χ0n) is 12.5. The summed E-state index contributed by atoms with van der Waals surface area (Å²) >= 11 is 6.28. The first-order valence-electron chi connectivity index (χ1n) is 6.78. The molecule has 0 aliphatic carbocycles. The lowest BCUT2D eigenvalue weighted by Crippen LogP contribution is -2.13. The van der Waals surface area contributed by atoms with Gasteiger partial charge in [-0.3, -0.25) is 4.79 Å². The van der Waals surface area contributed by atoms with Crippen LogP contribution in [0.25, 0.3) is 11.3 Å². The molecule has 22 heavy (non-hydrogen) atoms. The molecule has 1 aromatic carbocycles. The van der Waals surface area contributed by atoms with Crippen LogP contribution in [-0.2, 0) is 0 Å². The van der Waals surface area contributed by atoms with Gasteiger partial charge in [-0.05, 0) is 32.9 Å². The number of carbonyl (C=O) groups is 1. The number of aromatic amines is 1. The third-order valence-corrected chi connectivity index (χ3v) is 3.00. The first-order valence-corrected chi connectivity index (χ1v) is 7.15. The minimum atomic E-state index is -0.680. The van der Waals surface area contributed by atoms with Crippen LogP contribution in [0.1, 0.15) is 31.3 Å². The van der Waals surface area contributed by atoms with Crippen molar-refractivity contribution in [3.63, 3.8) is 0 Å². The third-order valence-electron chi connectivity index (χ3n) is 2.72. The summed E-state index contributed by atoms with van der Waals surface area (Å²) < 4.78 is 11.3. The number of nitrogens with two attached hydrogens (primary N) is 1. The number of halogens is 1. The van der Waals surface area contributed by atoms with E-state index in [4.69, 9.17) is 26.8 Å². The topological polar surface area (TPSA) is 103 Å². The average Bonchev–Trinajstić information content (AvgIpc) is 2.91. The number of amides is 1. The van der Waals surface area contributed by atoms with Crippen molar-refractivity contribution < 1.29 is 14.3 Å². The molecule has 0 saturated carbocycles. The minimum absolute atomic E-state index is 0.0380. The smallest absolute Gasteiger partial charge is 0.271 e. The molecule has 2 aromatic rings. The molecule has 3 N–H and O–H groups in total. The average molecular weight is 325 g/mol. The first-order chi connectivity index (χ1) is 10.4. The maximum absolute atomic E-state index is 11.4. The lowest BCUT2D eigenvalue weighted by molar-refractivity contribution is 0.0996. The molecule has 1 heterocycles. The van der Waals surface area contributed by atoms with Gasteiger partial charge in [-0.15, -0.1) is 0 Å². The van der Waals surface area contributed by atoms with Gasteiger partial charge in [0, 0.05) is 5.56 Å². The number of ether oxygens (including phenoxy) is 2. The summed E-state index contributed by atoms with van der Waals surface area (Å²) in [7, 11) is 0. The van der Waals surface area contributed by atoms with Gasteiger partial charge in [-0.1, -0.05) is 11.6 Å². The monoisotopic (exact) mass is 324 g/mol. The van der Waals surface area contributed by atoms with Crippen molar-refractivity contribution in [2.45, 2.75) is 26.9 Å². The number of H-pyrrole nitrogens is 1. The predicted molar refractivity (Wildman–Crippen MR) is 82.3 cm³/mol. The van der Waals surface area contributed by atoms with Crippen molar-refractivity contribution in [3.05, 3.63) is 22.8 Å². The van der Waals surface area contributed by atoms with Crippen LogP contribution in [0.2, 0.25) is 5.02 Å². The Kier molecular flexibility index (Phi) is 4.87. The van der Waals surface area contributed by atoms with E-state index in [-0.39, 0.29) is 11.8 Å². The van der Waals surface area contributed by atoms with E-state index in [0.29, 0.717) is 34.4 Å². The highest BCUT2D eigenvalue weighted by molar-refractivity contribution is 6.32. The zero-order valence-corrected chi connectivity index (χ0v) is 13.3. The number of aromatic nitrogens is 3. The fourth-order valence-corrected chi connectivity index (χ4v) is 2.18. The molecule has 0 bridgehead atoms. The van der Waals surface area contributed by atoms with Crippen molar-refractivity contribution in [1.82, 2.24) is 15.4 Å². The lowest BCUT2D eigenvalue weighted by Gasteiger charge is -2.17.